The Kier molecular flexibility index (Phi) is 11.8. The maximum atomic E-state index is 13.2. The number of carbonyl (C=O) groups is 5. The Bertz CT molecular complexity index is 905. The summed E-state index contributed by atoms with van der Waals surface area (Å²) in [6, 6.07) is -2.86. The molecule has 2 heterocycles. The van der Waals surface area contributed by atoms with E-state index in [0.29, 0.717) is 12.2 Å². The zero-order valence-electron chi connectivity index (χ0n) is 21.3. The van der Waals surface area contributed by atoms with Crippen LogP contribution in [0.4, 0.5) is 0 Å². The molecule has 1 saturated heterocycles. The third-order valence-corrected chi connectivity index (χ3v) is 8.03. The summed E-state index contributed by atoms with van der Waals surface area (Å²) in [5.74, 6) is -2.54. The van der Waals surface area contributed by atoms with Crippen molar-refractivity contribution in [3.63, 3.8) is 0 Å². The van der Waals surface area contributed by atoms with E-state index in [2.05, 4.69) is 21.3 Å². The van der Waals surface area contributed by atoms with Crippen LogP contribution in [0.2, 0.25) is 0 Å². The minimum Gasteiger partial charge on any atom is -0.456 e. The lowest BCUT2D eigenvalue weighted by Crippen LogP contribution is -2.57. The normalized spacial score (nSPS) is 28.8. The van der Waals surface area contributed by atoms with Gasteiger partial charge in [-0.2, -0.15) is 0 Å². The predicted molar refractivity (Wildman–Crippen MR) is 141 cm³/mol. The molecule has 4 amide bonds. The summed E-state index contributed by atoms with van der Waals surface area (Å²) in [7, 11) is 2.95. The highest BCUT2D eigenvalue weighted by molar-refractivity contribution is 8.76. The van der Waals surface area contributed by atoms with Crippen LogP contribution in [0, 0.1) is 11.8 Å². The zero-order chi connectivity index (χ0) is 26.8. The highest BCUT2D eigenvalue weighted by atomic mass is 33.1. The Morgan fingerprint density at radius 3 is 2.28 bits per heavy atom. The Morgan fingerprint density at radius 2 is 1.64 bits per heavy atom. The van der Waals surface area contributed by atoms with Gasteiger partial charge in [-0.05, 0) is 31.3 Å². The van der Waals surface area contributed by atoms with Crippen molar-refractivity contribution in [1.29, 1.82) is 0 Å². The first-order valence-electron chi connectivity index (χ1n) is 12.0. The minimum absolute atomic E-state index is 0.0445. The molecular formula is C24H36N4O6S2. The van der Waals surface area contributed by atoms with E-state index in [1.165, 1.54) is 27.7 Å². The van der Waals surface area contributed by atoms with E-state index in [4.69, 9.17) is 4.74 Å². The molecule has 4 N–H and O–H groups in total. The van der Waals surface area contributed by atoms with Crippen LogP contribution in [0.3, 0.4) is 0 Å². The van der Waals surface area contributed by atoms with Crippen molar-refractivity contribution in [3.05, 3.63) is 23.9 Å². The van der Waals surface area contributed by atoms with Gasteiger partial charge >= 0.3 is 5.97 Å². The number of carbonyl (C=O) groups excluding carboxylic acids is 5. The number of nitrogens with one attached hydrogen (secondary N) is 4. The highest BCUT2D eigenvalue weighted by Crippen LogP contribution is 2.24. The van der Waals surface area contributed by atoms with E-state index in [-0.39, 0.29) is 29.7 Å². The number of rotatable bonds is 2. The number of amides is 4. The van der Waals surface area contributed by atoms with Gasteiger partial charge in [-0.1, -0.05) is 61.4 Å². The molecular weight excluding hydrogens is 504 g/mol. The molecule has 4 atom stereocenters. The van der Waals surface area contributed by atoms with Gasteiger partial charge in [0.2, 0.25) is 17.7 Å². The smallest absolute Gasteiger partial charge is 0.329 e. The van der Waals surface area contributed by atoms with Gasteiger partial charge in [0, 0.05) is 11.5 Å². The van der Waals surface area contributed by atoms with Crippen molar-refractivity contribution >= 4 is 51.2 Å². The number of allylic oxidation sites excluding steroid dienone is 2. The summed E-state index contributed by atoms with van der Waals surface area (Å²) < 4.78 is 5.65. The molecule has 0 aliphatic carbocycles. The molecule has 0 aromatic rings. The minimum atomic E-state index is -1.00. The third-order valence-electron chi connectivity index (χ3n) is 5.59. The van der Waals surface area contributed by atoms with Crippen molar-refractivity contribution in [2.45, 2.75) is 71.7 Å². The number of ether oxygens (including phenoxy) is 1. The van der Waals surface area contributed by atoms with E-state index in [1.54, 1.807) is 40.7 Å². The maximum absolute atomic E-state index is 13.2. The molecule has 0 unspecified atom stereocenters. The Labute approximate surface area is 220 Å². The molecule has 1 fully saturated rings. The number of hydrogen-bond acceptors (Lipinski definition) is 8. The number of esters is 1. The largest absolute Gasteiger partial charge is 0.456 e. The fraction of sp³-hybridized carbons (Fsp3) is 0.625. The molecule has 2 rings (SSSR count). The summed E-state index contributed by atoms with van der Waals surface area (Å²) in [5.41, 5.74) is -0.0445. The third kappa shape index (κ3) is 8.88. The van der Waals surface area contributed by atoms with E-state index < -0.39 is 53.8 Å². The Hall–Kier alpha value is -2.47. The molecule has 0 saturated carbocycles. The molecule has 36 heavy (non-hydrogen) atoms. The summed E-state index contributed by atoms with van der Waals surface area (Å²) in [4.78, 5) is 65.2. The van der Waals surface area contributed by atoms with Gasteiger partial charge < -0.3 is 26.0 Å². The predicted octanol–water partition coefficient (Wildman–Crippen LogP) is 1.43. The lowest BCUT2D eigenvalue weighted by atomic mass is 10.0. The van der Waals surface area contributed by atoms with Gasteiger partial charge in [-0.15, -0.1) is 0 Å². The standard InChI is InChI=1S/C24H36N4O6S2/c1-6-16-21(30)28-20(14(4)5)24(33)34-15-9-7-8-10-35-36-12-17(22(31)25-16)26-23(32)19(13(2)3)27-18(29)11-15/h6-7,9,13-15,17,19-20H,8,10-12H2,1-5H3,(H,25,31)(H,26,32)(H,27,29)(H,28,30)/t15-,17+,19+,20-/m0/s1. The molecule has 2 aliphatic rings. The second kappa shape index (κ2) is 14.3. The summed E-state index contributed by atoms with van der Waals surface area (Å²) >= 11 is 0. The molecule has 10 nitrogen and oxygen atoms in total. The quantitative estimate of drug-likeness (QED) is 0.178. The topological polar surface area (TPSA) is 143 Å². The second-order valence-corrected chi connectivity index (χ2v) is 11.9. The van der Waals surface area contributed by atoms with Gasteiger partial charge in [0.15, 0.2) is 0 Å². The maximum Gasteiger partial charge on any atom is 0.329 e. The first-order chi connectivity index (χ1) is 17.0. The average Bonchev–Trinajstić information content (AvgIpc) is 2.81. The molecule has 12 heteroatoms. The summed E-state index contributed by atoms with van der Waals surface area (Å²) in [6.07, 6.45) is 4.51. The highest BCUT2D eigenvalue weighted by Gasteiger charge is 2.33. The lowest BCUT2D eigenvalue weighted by molar-refractivity contribution is -0.153. The van der Waals surface area contributed by atoms with E-state index in [1.807, 2.05) is 6.08 Å². The molecule has 2 bridgehead atoms. The van der Waals surface area contributed by atoms with Crippen LogP contribution in [0.15, 0.2) is 23.9 Å². The fourth-order valence-electron chi connectivity index (χ4n) is 3.50. The number of fused-ring (bicyclic) bond motifs is 7. The van der Waals surface area contributed by atoms with Crippen molar-refractivity contribution in [1.82, 2.24) is 21.3 Å². The first-order valence-corrected chi connectivity index (χ1v) is 14.5. The van der Waals surface area contributed by atoms with Gasteiger partial charge in [-0.3, -0.25) is 19.2 Å². The lowest BCUT2D eigenvalue weighted by Gasteiger charge is -2.27. The van der Waals surface area contributed by atoms with Gasteiger partial charge in [0.25, 0.3) is 5.91 Å². The number of hydrogen-bond donors (Lipinski definition) is 4. The van der Waals surface area contributed by atoms with Crippen LogP contribution in [-0.4, -0.2) is 65.3 Å². The Morgan fingerprint density at radius 1 is 0.944 bits per heavy atom. The van der Waals surface area contributed by atoms with Crippen molar-refractivity contribution < 1.29 is 28.7 Å². The van der Waals surface area contributed by atoms with Gasteiger partial charge in [-0.25, -0.2) is 4.79 Å². The van der Waals surface area contributed by atoms with Crippen LogP contribution < -0.4 is 21.3 Å². The van der Waals surface area contributed by atoms with E-state index >= 15 is 0 Å². The second-order valence-electron chi connectivity index (χ2n) is 9.24. The van der Waals surface area contributed by atoms with Crippen LogP contribution >= 0.6 is 21.6 Å². The van der Waals surface area contributed by atoms with Crippen LogP contribution in [0.1, 0.15) is 47.5 Å². The zero-order valence-corrected chi connectivity index (χ0v) is 22.9. The SMILES string of the molecule is CC=C1NC(=O)[C@H]2CSSCCC=C[C@@H](CC(=O)N[C@H](C(C)C)C(=O)N2)OC(=O)[C@H](C(C)C)NC1=O. The molecule has 2 aliphatic heterocycles. The molecule has 0 aromatic carbocycles. The van der Waals surface area contributed by atoms with Crippen LogP contribution in [0.25, 0.3) is 0 Å². The summed E-state index contributed by atoms with van der Waals surface area (Å²) in [5, 5.41) is 10.7. The van der Waals surface area contributed by atoms with Crippen LogP contribution in [-0.2, 0) is 28.7 Å². The van der Waals surface area contributed by atoms with E-state index in [0.717, 1.165) is 0 Å². The van der Waals surface area contributed by atoms with Crippen LogP contribution in [0.5, 0.6) is 0 Å². The average molecular weight is 541 g/mol. The molecule has 0 spiro atoms. The van der Waals surface area contributed by atoms with E-state index in [9.17, 15) is 24.0 Å². The monoisotopic (exact) mass is 540 g/mol. The molecule has 0 aromatic heterocycles. The van der Waals surface area contributed by atoms with Crippen molar-refractivity contribution in [3.8, 4) is 0 Å². The summed E-state index contributed by atoms with van der Waals surface area (Å²) in [6.45, 7) is 8.66. The fourth-order valence-corrected chi connectivity index (χ4v) is 5.66. The Balaban J connectivity index is 2.55. The van der Waals surface area contributed by atoms with Gasteiger partial charge in [0.05, 0.1) is 6.42 Å². The van der Waals surface area contributed by atoms with Crippen molar-refractivity contribution in [2.24, 2.45) is 11.8 Å². The first kappa shape index (κ1) is 29.8. The van der Waals surface area contributed by atoms with Crippen molar-refractivity contribution in [2.75, 3.05) is 11.5 Å². The van der Waals surface area contributed by atoms with Gasteiger partial charge in [0.1, 0.15) is 29.9 Å². The molecule has 200 valence electrons. The molecule has 0 radical (unpaired) electrons.